The number of halogens is 1. The molecule has 102 valence electrons. The van der Waals surface area contributed by atoms with Gasteiger partial charge in [0.05, 0.1) is 6.04 Å². The number of hydrogen-bond acceptors (Lipinski definition) is 3. The van der Waals surface area contributed by atoms with Crippen molar-refractivity contribution in [3.63, 3.8) is 0 Å². The fourth-order valence-electron chi connectivity index (χ4n) is 2.40. The number of hydrogen-bond donors (Lipinski definition) is 1. The standard InChI is InChI=1S/C14H23BrN2S/c1-3-4-7-17(11-5-6-11)13(9-16)14-8-12(15)10(2)18-14/h8,11,13H,3-7,9,16H2,1-2H3. The van der Waals surface area contributed by atoms with Gasteiger partial charge >= 0.3 is 0 Å². The van der Waals surface area contributed by atoms with E-state index in [-0.39, 0.29) is 0 Å². The lowest BCUT2D eigenvalue weighted by Crippen LogP contribution is -2.35. The Morgan fingerprint density at radius 1 is 1.56 bits per heavy atom. The predicted molar refractivity (Wildman–Crippen MR) is 83.2 cm³/mol. The summed E-state index contributed by atoms with van der Waals surface area (Å²) in [4.78, 5) is 5.42. The highest BCUT2D eigenvalue weighted by Gasteiger charge is 2.34. The second-order valence-electron chi connectivity index (χ2n) is 5.13. The molecule has 1 aliphatic carbocycles. The zero-order chi connectivity index (χ0) is 13.1. The Hall–Kier alpha value is 0.1000. The topological polar surface area (TPSA) is 29.3 Å². The second kappa shape index (κ2) is 6.51. The van der Waals surface area contributed by atoms with Crippen molar-refractivity contribution in [2.24, 2.45) is 5.73 Å². The molecule has 2 N–H and O–H groups in total. The van der Waals surface area contributed by atoms with E-state index in [0.717, 1.165) is 12.6 Å². The third-order valence-electron chi connectivity index (χ3n) is 3.61. The zero-order valence-electron chi connectivity index (χ0n) is 11.3. The van der Waals surface area contributed by atoms with E-state index < -0.39 is 0 Å². The monoisotopic (exact) mass is 330 g/mol. The van der Waals surface area contributed by atoms with Crippen LogP contribution >= 0.6 is 27.3 Å². The van der Waals surface area contributed by atoms with E-state index in [4.69, 9.17) is 5.73 Å². The SMILES string of the molecule is CCCCN(C1CC1)C(CN)c1cc(Br)c(C)s1. The Morgan fingerprint density at radius 3 is 2.72 bits per heavy atom. The van der Waals surface area contributed by atoms with Crippen LogP contribution < -0.4 is 5.73 Å². The van der Waals surface area contributed by atoms with E-state index in [0.29, 0.717) is 6.04 Å². The maximum absolute atomic E-state index is 6.05. The molecule has 18 heavy (non-hydrogen) atoms. The quantitative estimate of drug-likeness (QED) is 0.816. The fraction of sp³-hybridized carbons (Fsp3) is 0.714. The second-order valence-corrected chi connectivity index (χ2v) is 7.27. The van der Waals surface area contributed by atoms with Crippen LogP contribution in [-0.2, 0) is 0 Å². The van der Waals surface area contributed by atoms with Gasteiger partial charge in [0, 0.05) is 26.8 Å². The Balaban J connectivity index is 2.13. The molecule has 1 aliphatic rings. The molecule has 2 rings (SSSR count). The molecule has 0 spiro atoms. The van der Waals surface area contributed by atoms with Gasteiger partial charge in [0.25, 0.3) is 0 Å². The summed E-state index contributed by atoms with van der Waals surface area (Å²) in [6, 6.07) is 3.46. The minimum absolute atomic E-state index is 0.416. The highest BCUT2D eigenvalue weighted by Crippen LogP contribution is 2.38. The van der Waals surface area contributed by atoms with Gasteiger partial charge in [-0.1, -0.05) is 13.3 Å². The van der Waals surface area contributed by atoms with E-state index >= 15 is 0 Å². The summed E-state index contributed by atoms with van der Waals surface area (Å²) in [6.45, 7) is 6.35. The maximum Gasteiger partial charge on any atom is 0.0567 e. The molecule has 0 aliphatic heterocycles. The molecule has 0 bridgehead atoms. The first-order valence-corrected chi connectivity index (χ1v) is 8.50. The minimum atomic E-state index is 0.416. The minimum Gasteiger partial charge on any atom is -0.329 e. The van der Waals surface area contributed by atoms with E-state index in [1.807, 2.05) is 11.3 Å². The van der Waals surface area contributed by atoms with Gasteiger partial charge in [0.2, 0.25) is 0 Å². The molecule has 2 nitrogen and oxygen atoms in total. The molecule has 1 fully saturated rings. The normalized spacial score (nSPS) is 17.4. The van der Waals surface area contributed by atoms with Crippen molar-refractivity contribution in [1.29, 1.82) is 0 Å². The zero-order valence-corrected chi connectivity index (χ0v) is 13.7. The van der Waals surface area contributed by atoms with Crippen LogP contribution in [0.15, 0.2) is 10.5 Å². The number of nitrogens with two attached hydrogens (primary N) is 1. The third-order valence-corrected chi connectivity index (χ3v) is 5.85. The van der Waals surface area contributed by atoms with Gasteiger partial charge in [-0.05, 0) is 54.7 Å². The highest BCUT2D eigenvalue weighted by atomic mass is 79.9. The Kier molecular flexibility index (Phi) is 5.24. The van der Waals surface area contributed by atoms with Crippen LogP contribution in [0.1, 0.15) is 48.4 Å². The van der Waals surface area contributed by atoms with Gasteiger partial charge in [-0.15, -0.1) is 11.3 Å². The summed E-state index contributed by atoms with van der Waals surface area (Å²) in [7, 11) is 0. The summed E-state index contributed by atoms with van der Waals surface area (Å²) < 4.78 is 1.23. The summed E-state index contributed by atoms with van der Waals surface area (Å²) in [5, 5.41) is 0. The summed E-state index contributed by atoms with van der Waals surface area (Å²) in [6.07, 6.45) is 5.24. The highest BCUT2D eigenvalue weighted by molar-refractivity contribution is 9.10. The van der Waals surface area contributed by atoms with Crippen LogP contribution in [0.2, 0.25) is 0 Å². The van der Waals surface area contributed by atoms with Crippen molar-refractivity contribution in [2.45, 2.75) is 51.6 Å². The van der Waals surface area contributed by atoms with Crippen LogP contribution in [0.4, 0.5) is 0 Å². The van der Waals surface area contributed by atoms with Gasteiger partial charge < -0.3 is 5.73 Å². The van der Waals surface area contributed by atoms with Crippen molar-refractivity contribution in [3.8, 4) is 0 Å². The van der Waals surface area contributed by atoms with Crippen molar-refractivity contribution < 1.29 is 0 Å². The Morgan fingerprint density at radius 2 is 2.28 bits per heavy atom. The Bertz CT molecular complexity index is 368. The van der Waals surface area contributed by atoms with Crippen LogP contribution in [0.5, 0.6) is 0 Å². The van der Waals surface area contributed by atoms with Crippen molar-refractivity contribution in [2.75, 3.05) is 13.1 Å². The number of unbranched alkanes of at least 4 members (excludes halogenated alkanes) is 1. The molecule has 0 radical (unpaired) electrons. The van der Waals surface area contributed by atoms with Crippen LogP contribution in [0.3, 0.4) is 0 Å². The summed E-state index contributed by atoms with van der Waals surface area (Å²) in [5.74, 6) is 0. The lowest BCUT2D eigenvalue weighted by molar-refractivity contribution is 0.191. The first kappa shape index (κ1) is 14.5. The Labute approximate surface area is 123 Å². The molecule has 0 amide bonds. The van der Waals surface area contributed by atoms with Gasteiger partial charge in [0.15, 0.2) is 0 Å². The number of thiophene rings is 1. The average molecular weight is 331 g/mol. The number of nitrogens with zero attached hydrogens (tertiary/aromatic N) is 1. The smallest absolute Gasteiger partial charge is 0.0567 e. The molecule has 0 aromatic carbocycles. The van der Waals surface area contributed by atoms with E-state index in [2.05, 4.69) is 40.7 Å². The first-order valence-electron chi connectivity index (χ1n) is 6.89. The molecule has 1 aromatic rings. The maximum atomic E-state index is 6.05. The fourth-order valence-corrected chi connectivity index (χ4v) is 4.10. The van der Waals surface area contributed by atoms with Crippen LogP contribution in [-0.4, -0.2) is 24.0 Å². The first-order chi connectivity index (χ1) is 8.67. The molecule has 1 heterocycles. The van der Waals surface area contributed by atoms with Gasteiger partial charge in [-0.2, -0.15) is 0 Å². The molecular formula is C14H23BrN2S. The number of rotatable bonds is 7. The lowest BCUT2D eigenvalue weighted by Gasteiger charge is -2.30. The van der Waals surface area contributed by atoms with Gasteiger partial charge in [-0.3, -0.25) is 4.90 Å². The predicted octanol–water partition coefficient (Wildman–Crippen LogP) is 4.08. The lowest BCUT2D eigenvalue weighted by atomic mass is 10.1. The van der Waals surface area contributed by atoms with E-state index in [1.165, 1.54) is 46.5 Å². The van der Waals surface area contributed by atoms with E-state index in [9.17, 15) is 0 Å². The summed E-state index contributed by atoms with van der Waals surface area (Å²) in [5.41, 5.74) is 6.05. The molecule has 0 saturated heterocycles. The summed E-state index contributed by atoms with van der Waals surface area (Å²) >= 11 is 5.50. The molecule has 1 atom stereocenters. The largest absolute Gasteiger partial charge is 0.329 e. The van der Waals surface area contributed by atoms with Crippen molar-refractivity contribution >= 4 is 27.3 Å². The van der Waals surface area contributed by atoms with Crippen molar-refractivity contribution in [3.05, 3.63) is 20.3 Å². The molecular weight excluding hydrogens is 308 g/mol. The number of aryl methyl sites for hydroxylation is 1. The van der Waals surface area contributed by atoms with Gasteiger partial charge in [0.1, 0.15) is 0 Å². The van der Waals surface area contributed by atoms with Crippen molar-refractivity contribution in [1.82, 2.24) is 4.90 Å². The van der Waals surface area contributed by atoms with E-state index in [1.54, 1.807) is 0 Å². The molecule has 1 saturated carbocycles. The average Bonchev–Trinajstić information content (AvgIpc) is 3.13. The van der Waals surface area contributed by atoms with Gasteiger partial charge in [-0.25, -0.2) is 0 Å². The van der Waals surface area contributed by atoms with Crippen LogP contribution in [0, 0.1) is 6.92 Å². The third kappa shape index (κ3) is 3.35. The molecule has 1 unspecified atom stereocenters. The molecule has 4 heteroatoms. The van der Waals surface area contributed by atoms with Crippen LogP contribution in [0.25, 0.3) is 0 Å². The molecule has 1 aromatic heterocycles.